The molecule has 0 amide bonds. The quantitative estimate of drug-likeness (QED) is 0.166. The Morgan fingerprint density at radius 3 is 2.27 bits per heavy atom. The third kappa shape index (κ3) is 17.9. The zero-order valence-corrected chi connectivity index (χ0v) is 18.8. The van der Waals surface area contributed by atoms with Crippen molar-refractivity contribution in [2.24, 2.45) is 5.92 Å². The number of hydrogen-bond donors (Lipinski definition) is 3. The largest absolute Gasteiger partial charge is 0.478 e. The van der Waals surface area contributed by atoms with Crippen LogP contribution in [0.2, 0.25) is 0 Å². The van der Waals surface area contributed by atoms with Gasteiger partial charge in [-0.2, -0.15) is 0 Å². The van der Waals surface area contributed by atoms with Crippen LogP contribution in [0.5, 0.6) is 0 Å². The lowest BCUT2D eigenvalue weighted by molar-refractivity contribution is -0.131. The van der Waals surface area contributed by atoms with Crippen molar-refractivity contribution in [1.82, 2.24) is 0 Å². The number of rotatable bonds is 16. The second kappa shape index (κ2) is 18.8. The van der Waals surface area contributed by atoms with E-state index in [4.69, 9.17) is 5.11 Å². The third-order valence-electron chi connectivity index (χ3n) is 4.70. The normalized spacial score (nSPS) is 16.5. The topological polar surface area (TPSA) is 77.8 Å². The molecule has 0 radical (unpaired) electrons. The Morgan fingerprint density at radius 2 is 1.60 bits per heavy atom. The van der Waals surface area contributed by atoms with Crippen molar-refractivity contribution in [3.05, 3.63) is 72.4 Å². The molecular formula is C26H40O4. The molecule has 0 saturated carbocycles. The Labute approximate surface area is 182 Å². The molecule has 0 bridgehead atoms. The van der Waals surface area contributed by atoms with E-state index in [9.17, 15) is 15.0 Å². The van der Waals surface area contributed by atoms with Gasteiger partial charge in [0.2, 0.25) is 0 Å². The average molecular weight is 417 g/mol. The van der Waals surface area contributed by atoms with Crippen LogP contribution in [0.3, 0.4) is 0 Å². The summed E-state index contributed by atoms with van der Waals surface area (Å²) in [5.41, 5.74) is 1.03. The van der Waals surface area contributed by atoms with Gasteiger partial charge >= 0.3 is 5.97 Å². The molecule has 4 nitrogen and oxygen atoms in total. The van der Waals surface area contributed by atoms with E-state index < -0.39 is 12.1 Å². The number of allylic oxidation sites excluding steroid dienone is 10. The first-order valence-corrected chi connectivity index (χ1v) is 11.0. The van der Waals surface area contributed by atoms with Gasteiger partial charge in [0.1, 0.15) is 0 Å². The third-order valence-corrected chi connectivity index (χ3v) is 4.70. The van der Waals surface area contributed by atoms with Crippen LogP contribution in [0, 0.1) is 5.92 Å². The molecule has 30 heavy (non-hydrogen) atoms. The monoisotopic (exact) mass is 416 g/mol. The SMILES string of the molecule is CC/C=C/C(O)CCCC(O)CCC(/C=C/C=C/C=C(C)/C=C/C=C/C(=O)O)CC. The number of aliphatic hydroxyl groups is 2. The van der Waals surface area contributed by atoms with Crippen LogP contribution in [0.4, 0.5) is 0 Å². The highest BCUT2D eigenvalue weighted by Gasteiger charge is 2.09. The van der Waals surface area contributed by atoms with Crippen LogP contribution in [-0.2, 0) is 4.79 Å². The van der Waals surface area contributed by atoms with Crippen molar-refractivity contribution in [2.45, 2.75) is 77.9 Å². The number of carboxylic acid groups (broad SMARTS) is 1. The summed E-state index contributed by atoms with van der Waals surface area (Å²) in [7, 11) is 0. The van der Waals surface area contributed by atoms with Gasteiger partial charge < -0.3 is 15.3 Å². The summed E-state index contributed by atoms with van der Waals surface area (Å²) in [6.45, 7) is 6.15. The molecule has 0 aliphatic heterocycles. The van der Waals surface area contributed by atoms with Gasteiger partial charge in [-0.05, 0) is 57.8 Å². The van der Waals surface area contributed by atoms with Crippen LogP contribution in [0.15, 0.2) is 72.4 Å². The molecule has 0 saturated heterocycles. The standard InChI is InChI=1S/C26H40O4/c1-4-6-16-24(27)17-12-18-25(28)21-20-23(5-2)15-9-7-8-13-22(3)14-10-11-19-26(29)30/h6-11,13-16,19,23-25,27-28H,4-5,12,17-18,20-21H2,1-3H3,(H,29,30)/b8-7+,14-10+,15-9+,16-6+,19-11+,22-13+. The smallest absolute Gasteiger partial charge is 0.328 e. The fraction of sp³-hybridized carbons (Fsp3) is 0.500. The summed E-state index contributed by atoms with van der Waals surface area (Å²) >= 11 is 0. The van der Waals surface area contributed by atoms with E-state index in [1.54, 1.807) is 6.08 Å². The van der Waals surface area contributed by atoms with E-state index in [0.717, 1.165) is 50.2 Å². The molecule has 0 aromatic carbocycles. The molecule has 168 valence electrons. The summed E-state index contributed by atoms with van der Waals surface area (Å²) < 4.78 is 0. The van der Waals surface area contributed by atoms with Crippen molar-refractivity contribution in [3.63, 3.8) is 0 Å². The van der Waals surface area contributed by atoms with Gasteiger partial charge in [-0.3, -0.25) is 0 Å². The fourth-order valence-electron chi connectivity index (χ4n) is 2.83. The summed E-state index contributed by atoms with van der Waals surface area (Å²) in [5, 5.41) is 28.5. The second-order valence-electron chi connectivity index (χ2n) is 7.47. The molecule has 0 aliphatic carbocycles. The van der Waals surface area contributed by atoms with Gasteiger partial charge in [0, 0.05) is 6.08 Å². The summed E-state index contributed by atoms with van der Waals surface area (Å²) in [6, 6.07) is 0. The zero-order chi connectivity index (χ0) is 22.6. The van der Waals surface area contributed by atoms with Gasteiger partial charge in [-0.1, -0.05) is 80.2 Å². The lowest BCUT2D eigenvalue weighted by atomic mass is 9.95. The van der Waals surface area contributed by atoms with Crippen LogP contribution in [0.25, 0.3) is 0 Å². The maximum Gasteiger partial charge on any atom is 0.328 e. The van der Waals surface area contributed by atoms with Crippen molar-refractivity contribution in [3.8, 4) is 0 Å². The molecular weight excluding hydrogens is 376 g/mol. The van der Waals surface area contributed by atoms with Crippen LogP contribution >= 0.6 is 0 Å². The predicted molar refractivity (Wildman–Crippen MR) is 126 cm³/mol. The average Bonchev–Trinajstić information content (AvgIpc) is 2.71. The zero-order valence-electron chi connectivity index (χ0n) is 18.8. The van der Waals surface area contributed by atoms with E-state index in [1.165, 1.54) is 6.08 Å². The first-order chi connectivity index (χ1) is 14.4. The van der Waals surface area contributed by atoms with Gasteiger partial charge in [0.25, 0.3) is 0 Å². The highest BCUT2D eigenvalue weighted by molar-refractivity contribution is 5.80. The van der Waals surface area contributed by atoms with Crippen LogP contribution < -0.4 is 0 Å². The first-order valence-electron chi connectivity index (χ1n) is 11.0. The number of aliphatic hydroxyl groups excluding tert-OH is 2. The van der Waals surface area contributed by atoms with Crippen molar-refractivity contribution >= 4 is 5.97 Å². The Morgan fingerprint density at radius 1 is 0.867 bits per heavy atom. The van der Waals surface area contributed by atoms with E-state index in [-0.39, 0.29) is 6.10 Å². The van der Waals surface area contributed by atoms with E-state index >= 15 is 0 Å². The van der Waals surface area contributed by atoms with Crippen molar-refractivity contribution in [1.29, 1.82) is 0 Å². The minimum absolute atomic E-state index is 0.308. The number of carbonyl (C=O) groups is 1. The number of hydrogen-bond acceptors (Lipinski definition) is 3. The van der Waals surface area contributed by atoms with Crippen molar-refractivity contribution < 1.29 is 20.1 Å². The Balaban J connectivity index is 4.22. The molecule has 3 N–H and O–H groups in total. The van der Waals surface area contributed by atoms with Crippen LogP contribution in [-0.4, -0.2) is 33.5 Å². The Bertz CT molecular complexity index is 623. The lowest BCUT2D eigenvalue weighted by Gasteiger charge is -2.15. The van der Waals surface area contributed by atoms with E-state index in [1.807, 2.05) is 56.4 Å². The minimum atomic E-state index is -0.956. The highest BCUT2D eigenvalue weighted by atomic mass is 16.4. The Hall–Kier alpha value is -2.17. The number of aliphatic carboxylic acids is 1. The molecule has 0 rings (SSSR count). The van der Waals surface area contributed by atoms with E-state index in [0.29, 0.717) is 12.3 Å². The van der Waals surface area contributed by atoms with Gasteiger partial charge in [0.05, 0.1) is 12.2 Å². The summed E-state index contributed by atoms with van der Waals surface area (Å²) in [4.78, 5) is 10.4. The van der Waals surface area contributed by atoms with Crippen molar-refractivity contribution in [2.75, 3.05) is 0 Å². The fourth-order valence-corrected chi connectivity index (χ4v) is 2.83. The Kier molecular flexibility index (Phi) is 17.5. The molecule has 4 heteroatoms. The minimum Gasteiger partial charge on any atom is -0.478 e. The molecule has 3 atom stereocenters. The molecule has 0 aromatic rings. The first kappa shape index (κ1) is 27.8. The molecule has 0 heterocycles. The van der Waals surface area contributed by atoms with Crippen LogP contribution in [0.1, 0.15) is 65.7 Å². The molecule has 0 aromatic heterocycles. The maximum atomic E-state index is 10.4. The van der Waals surface area contributed by atoms with E-state index in [2.05, 4.69) is 13.0 Å². The number of carboxylic acids is 1. The molecule has 3 unspecified atom stereocenters. The van der Waals surface area contributed by atoms with Gasteiger partial charge in [0.15, 0.2) is 0 Å². The highest BCUT2D eigenvalue weighted by Crippen LogP contribution is 2.17. The maximum absolute atomic E-state index is 10.4. The van der Waals surface area contributed by atoms with Gasteiger partial charge in [-0.15, -0.1) is 0 Å². The predicted octanol–water partition coefficient (Wildman–Crippen LogP) is 5.91. The molecule has 0 aliphatic rings. The summed E-state index contributed by atoms with van der Waals surface area (Å²) in [5.74, 6) is -0.517. The second-order valence-corrected chi connectivity index (χ2v) is 7.47. The summed E-state index contributed by atoms with van der Waals surface area (Å²) in [6.07, 6.45) is 25.3. The molecule has 0 fully saturated rings. The molecule has 0 spiro atoms. The van der Waals surface area contributed by atoms with Gasteiger partial charge in [-0.25, -0.2) is 4.79 Å². The lowest BCUT2D eigenvalue weighted by Crippen LogP contribution is -2.10.